The van der Waals surface area contributed by atoms with E-state index in [2.05, 4.69) is 41.5 Å². The molecule has 0 bridgehead atoms. The van der Waals surface area contributed by atoms with Gasteiger partial charge in [0.15, 0.2) is 0 Å². The summed E-state index contributed by atoms with van der Waals surface area (Å²) in [5.41, 5.74) is 3.03. The molecular weight excluding hydrogens is 228 g/mol. The summed E-state index contributed by atoms with van der Waals surface area (Å²) >= 11 is 1.72. The van der Waals surface area contributed by atoms with Crippen LogP contribution in [0.1, 0.15) is 35.0 Å². The van der Waals surface area contributed by atoms with Crippen LogP contribution in [-0.4, -0.2) is 11.5 Å². The monoisotopic (exact) mass is 244 g/mol. The molecule has 1 aliphatic carbocycles. The van der Waals surface area contributed by atoms with E-state index in [1.165, 1.54) is 22.6 Å². The number of thiazole rings is 1. The van der Waals surface area contributed by atoms with Gasteiger partial charge >= 0.3 is 0 Å². The minimum Gasteiger partial charge on any atom is -0.308 e. The van der Waals surface area contributed by atoms with Crippen molar-refractivity contribution < 1.29 is 0 Å². The fourth-order valence-corrected chi connectivity index (χ4v) is 3.07. The molecule has 3 rings (SSSR count). The molecule has 1 heterocycles. The number of hydrogen-bond donors (Lipinski definition) is 1. The third-order valence-electron chi connectivity index (χ3n) is 3.45. The van der Waals surface area contributed by atoms with E-state index < -0.39 is 0 Å². The largest absolute Gasteiger partial charge is 0.308 e. The predicted octanol–water partition coefficient (Wildman–Crippen LogP) is 3.13. The summed E-state index contributed by atoms with van der Waals surface area (Å²) in [7, 11) is 0. The van der Waals surface area contributed by atoms with Gasteiger partial charge in [-0.05, 0) is 24.5 Å². The van der Waals surface area contributed by atoms with Crippen LogP contribution in [0.3, 0.4) is 0 Å². The van der Waals surface area contributed by atoms with Gasteiger partial charge in [-0.15, -0.1) is 11.3 Å². The molecule has 88 valence electrons. The Morgan fingerprint density at radius 3 is 3.12 bits per heavy atom. The van der Waals surface area contributed by atoms with Crippen molar-refractivity contribution in [1.82, 2.24) is 10.3 Å². The first-order chi connectivity index (χ1) is 8.34. The summed E-state index contributed by atoms with van der Waals surface area (Å²) < 4.78 is 0. The number of hydrogen-bond acceptors (Lipinski definition) is 3. The van der Waals surface area contributed by atoms with Gasteiger partial charge in [0.05, 0.1) is 6.04 Å². The van der Waals surface area contributed by atoms with Crippen LogP contribution >= 0.6 is 11.3 Å². The molecule has 0 amide bonds. The molecule has 2 aromatic rings. The molecule has 2 atom stereocenters. The third-order valence-corrected chi connectivity index (χ3v) is 4.41. The van der Waals surface area contributed by atoms with E-state index in [-0.39, 0.29) is 0 Å². The Morgan fingerprint density at radius 1 is 1.47 bits per heavy atom. The lowest BCUT2D eigenvalue weighted by molar-refractivity contribution is 0.488. The van der Waals surface area contributed by atoms with Crippen molar-refractivity contribution >= 4 is 11.3 Å². The van der Waals surface area contributed by atoms with Crippen LogP contribution in [0.25, 0.3) is 0 Å². The van der Waals surface area contributed by atoms with Crippen molar-refractivity contribution in [1.29, 1.82) is 0 Å². The molecule has 3 heteroatoms. The van der Waals surface area contributed by atoms with Gasteiger partial charge in [-0.2, -0.15) is 0 Å². The summed E-state index contributed by atoms with van der Waals surface area (Å²) in [6, 6.07) is 9.10. The molecule has 1 aromatic carbocycles. The zero-order valence-corrected chi connectivity index (χ0v) is 10.7. The molecule has 1 aromatic heterocycles. The summed E-state index contributed by atoms with van der Waals surface area (Å²) in [5, 5.41) is 6.79. The number of benzene rings is 1. The highest BCUT2D eigenvalue weighted by molar-refractivity contribution is 7.09. The van der Waals surface area contributed by atoms with Crippen molar-refractivity contribution in [2.45, 2.75) is 25.3 Å². The maximum Gasteiger partial charge on any atom is 0.109 e. The third kappa shape index (κ3) is 2.13. The molecule has 17 heavy (non-hydrogen) atoms. The van der Waals surface area contributed by atoms with Gasteiger partial charge in [0.25, 0.3) is 0 Å². The van der Waals surface area contributed by atoms with Gasteiger partial charge in [-0.1, -0.05) is 24.3 Å². The lowest BCUT2D eigenvalue weighted by Crippen LogP contribution is -2.30. The second kappa shape index (κ2) is 4.59. The van der Waals surface area contributed by atoms with E-state index in [0.29, 0.717) is 12.0 Å². The topological polar surface area (TPSA) is 24.9 Å². The van der Waals surface area contributed by atoms with Crippen LogP contribution in [0.2, 0.25) is 0 Å². The second-order valence-electron chi connectivity index (χ2n) is 4.60. The zero-order valence-electron chi connectivity index (χ0n) is 9.89. The van der Waals surface area contributed by atoms with Crippen molar-refractivity contribution in [3.05, 3.63) is 52.0 Å². The van der Waals surface area contributed by atoms with Gasteiger partial charge in [0.2, 0.25) is 0 Å². The summed E-state index contributed by atoms with van der Waals surface area (Å²) in [6.07, 6.45) is 3.09. The second-order valence-corrected chi connectivity index (χ2v) is 5.53. The van der Waals surface area contributed by atoms with E-state index in [4.69, 9.17) is 0 Å². The van der Waals surface area contributed by atoms with Crippen LogP contribution in [-0.2, 0) is 6.42 Å². The highest BCUT2D eigenvalue weighted by Crippen LogP contribution is 2.34. The Morgan fingerprint density at radius 2 is 2.35 bits per heavy atom. The van der Waals surface area contributed by atoms with Crippen LogP contribution in [0.5, 0.6) is 0 Å². The summed E-state index contributed by atoms with van der Waals surface area (Å²) in [4.78, 5) is 4.34. The van der Waals surface area contributed by atoms with E-state index in [1.807, 2.05) is 11.6 Å². The minimum absolute atomic E-state index is 0.364. The van der Waals surface area contributed by atoms with Gasteiger partial charge in [0, 0.05) is 24.0 Å². The number of nitrogens with one attached hydrogen (secondary N) is 1. The SMILES string of the molecule is CC(NCC1Cc2ccccc21)c1nccs1. The number of rotatable bonds is 4. The lowest BCUT2D eigenvalue weighted by Gasteiger charge is -2.31. The molecule has 0 spiro atoms. The standard InChI is InChI=1S/C14H16N2S/c1-10(14-15-6-7-17-14)16-9-12-8-11-4-2-3-5-13(11)12/h2-7,10,12,16H,8-9H2,1H3. The normalized spacial score (nSPS) is 19.5. The van der Waals surface area contributed by atoms with Crippen LogP contribution in [0.4, 0.5) is 0 Å². The van der Waals surface area contributed by atoms with Gasteiger partial charge in [0.1, 0.15) is 5.01 Å². The number of aromatic nitrogens is 1. The zero-order chi connectivity index (χ0) is 11.7. The Labute approximate surface area is 106 Å². The van der Waals surface area contributed by atoms with Gasteiger partial charge < -0.3 is 5.32 Å². The fourth-order valence-electron chi connectivity index (χ4n) is 2.40. The maximum absolute atomic E-state index is 4.34. The van der Waals surface area contributed by atoms with E-state index in [9.17, 15) is 0 Å². The van der Waals surface area contributed by atoms with Crippen molar-refractivity contribution in [2.75, 3.05) is 6.54 Å². The molecule has 0 saturated heterocycles. The van der Waals surface area contributed by atoms with E-state index >= 15 is 0 Å². The predicted molar refractivity (Wildman–Crippen MR) is 71.4 cm³/mol. The van der Waals surface area contributed by atoms with Crippen LogP contribution < -0.4 is 5.32 Å². The molecule has 1 N–H and O–H groups in total. The van der Waals surface area contributed by atoms with Crippen LogP contribution in [0, 0.1) is 0 Å². The first kappa shape index (κ1) is 10.9. The highest BCUT2D eigenvalue weighted by atomic mass is 32.1. The Bertz CT molecular complexity index is 493. The Balaban J connectivity index is 1.57. The summed E-state index contributed by atoms with van der Waals surface area (Å²) in [5.74, 6) is 0.689. The molecule has 0 saturated carbocycles. The quantitative estimate of drug-likeness (QED) is 0.893. The summed E-state index contributed by atoms with van der Waals surface area (Å²) in [6.45, 7) is 3.24. The molecule has 0 fully saturated rings. The average Bonchev–Trinajstić information content (AvgIpc) is 2.83. The molecule has 0 aliphatic heterocycles. The van der Waals surface area contributed by atoms with Gasteiger partial charge in [-0.3, -0.25) is 0 Å². The smallest absolute Gasteiger partial charge is 0.109 e. The Kier molecular flexibility index (Phi) is 2.95. The Hall–Kier alpha value is -1.19. The molecule has 2 nitrogen and oxygen atoms in total. The molecular formula is C14H16N2S. The first-order valence-corrected chi connectivity index (χ1v) is 6.93. The lowest BCUT2D eigenvalue weighted by atomic mass is 9.77. The van der Waals surface area contributed by atoms with Gasteiger partial charge in [-0.25, -0.2) is 4.98 Å². The maximum atomic E-state index is 4.34. The average molecular weight is 244 g/mol. The van der Waals surface area contributed by atoms with Crippen molar-refractivity contribution in [2.24, 2.45) is 0 Å². The van der Waals surface area contributed by atoms with Crippen molar-refractivity contribution in [3.63, 3.8) is 0 Å². The number of fused-ring (bicyclic) bond motifs is 1. The molecule has 2 unspecified atom stereocenters. The fraction of sp³-hybridized carbons (Fsp3) is 0.357. The van der Waals surface area contributed by atoms with E-state index in [1.54, 1.807) is 11.3 Å². The molecule has 0 radical (unpaired) electrons. The highest BCUT2D eigenvalue weighted by Gasteiger charge is 2.25. The van der Waals surface area contributed by atoms with Crippen LogP contribution in [0.15, 0.2) is 35.8 Å². The number of nitrogens with zero attached hydrogens (tertiary/aromatic N) is 1. The van der Waals surface area contributed by atoms with E-state index in [0.717, 1.165) is 6.54 Å². The molecule has 1 aliphatic rings. The minimum atomic E-state index is 0.364. The van der Waals surface area contributed by atoms with Crippen molar-refractivity contribution in [3.8, 4) is 0 Å². The first-order valence-electron chi connectivity index (χ1n) is 6.05.